The number of benzene rings is 2. The second-order valence-corrected chi connectivity index (χ2v) is 5.79. The molecule has 0 aromatic heterocycles. The van der Waals surface area contributed by atoms with Gasteiger partial charge in [0.05, 0.1) is 11.1 Å². The number of fused-ring (bicyclic) bond motifs is 1. The summed E-state index contributed by atoms with van der Waals surface area (Å²) >= 11 is 0. The first-order valence-electron chi connectivity index (χ1n) is 8.14. The molecule has 2 aromatic carbocycles. The number of alkyl carbamates (subject to hydrolysis) is 1. The SMILES string of the molecule is CC(NC(=O)OCc1ccccc1)C(=O)ON1C(=O)c2ccccc2C1=O. The largest absolute Gasteiger partial charge is 0.445 e. The Balaban J connectivity index is 1.53. The molecule has 0 aliphatic carbocycles. The van der Waals surface area contributed by atoms with Crippen LogP contribution in [0, 0.1) is 0 Å². The number of carbonyl (C=O) groups is 4. The topological polar surface area (TPSA) is 102 Å². The first-order chi connectivity index (χ1) is 13.0. The molecule has 1 unspecified atom stereocenters. The predicted molar refractivity (Wildman–Crippen MR) is 92.3 cm³/mol. The smallest absolute Gasteiger partial charge is 0.408 e. The van der Waals surface area contributed by atoms with E-state index in [4.69, 9.17) is 9.57 Å². The Hall–Kier alpha value is -3.68. The van der Waals surface area contributed by atoms with Crippen molar-refractivity contribution in [2.75, 3.05) is 0 Å². The lowest BCUT2D eigenvalue weighted by Gasteiger charge is -2.17. The van der Waals surface area contributed by atoms with Gasteiger partial charge >= 0.3 is 12.1 Å². The van der Waals surface area contributed by atoms with Crippen molar-refractivity contribution >= 4 is 23.9 Å². The molecule has 1 atom stereocenters. The van der Waals surface area contributed by atoms with Crippen LogP contribution >= 0.6 is 0 Å². The Morgan fingerprint density at radius 2 is 1.52 bits per heavy atom. The Bertz CT molecular complexity index is 861. The molecule has 3 amide bonds. The standard InChI is InChI=1S/C19H16N2O6/c1-12(20-19(25)26-11-13-7-3-2-4-8-13)18(24)27-21-16(22)14-9-5-6-10-15(14)17(21)23/h2-10,12H,11H2,1H3,(H,20,25). The lowest BCUT2D eigenvalue weighted by atomic mass is 10.1. The van der Waals surface area contributed by atoms with Crippen LogP contribution in [0.4, 0.5) is 4.79 Å². The van der Waals surface area contributed by atoms with Gasteiger partial charge in [-0.3, -0.25) is 9.59 Å². The van der Waals surface area contributed by atoms with Gasteiger partial charge in [-0.25, -0.2) is 9.59 Å². The van der Waals surface area contributed by atoms with E-state index < -0.39 is 29.9 Å². The third kappa shape index (κ3) is 3.95. The summed E-state index contributed by atoms with van der Waals surface area (Å²) in [5.74, 6) is -2.44. The van der Waals surface area contributed by atoms with Crippen molar-refractivity contribution in [1.82, 2.24) is 10.4 Å². The molecular formula is C19H16N2O6. The highest BCUT2D eigenvalue weighted by atomic mass is 16.7. The number of ether oxygens (including phenoxy) is 1. The van der Waals surface area contributed by atoms with E-state index in [2.05, 4.69) is 5.32 Å². The number of hydrogen-bond donors (Lipinski definition) is 1. The molecule has 2 aromatic rings. The molecule has 0 radical (unpaired) electrons. The van der Waals surface area contributed by atoms with Crippen molar-refractivity contribution in [3.05, 3.63) is 71.3 Å². The number of hydrogen-bond acceptors (Lipinski definition) is 6. The molecule has 8 heteroatoms. The highest BCUT2D eigenvalue weighted by molar-refractivity contribution is 6.20. The second kappa shape index (κ2) is 7.69. The van der Waals surface area contributed by atoms with Crippen LogP contribution in [0.15, 0.2) is 54.6 Å². The molecule has 1 N–H and O–H groups in total. The fourth-order valence-corrected chi connectivity index (χ4v) is 2.42. The van der Waals surface area contributed by atoms with Crippen molar-refractivity contribution in [2.45, 2.75) is 19.6 Å². The van der Waals surface area contributed by atoms with Gasteiger partial charge in [0.25, 0.3) is 11.8 Å². The maximum absolute atomic E-state index is 12.2. The van der Waals surface area contributed by atoms with E-state index in [1.54, 1.807) is 36.4 Å². The van der Waals surface area contributed by atoms with Gasteiger partial charge in [-0.15, -0.1) is 0 Å². The van der Waals surface area contributed by atoms with Crippen molar-refractivity contribution in [3.8, 4) is 0 Å². The minimum Gasteiger partial charge on any atom is -0.445 e. The van der Waals surface area contributed by atoms with Crippen LogP contribution in [0.2, 0.25) is 0 Å². The van der Waals surface area contributed by atoms with E-state index in [9.17, 15) is 19.2 Å². The number of amides is 3. The molecule has 0 fully saturated rings. The lowest BCUT2D eigenvalue weighted by Crippen LogP contribution is -2.44. The third-order valence-electron chi connectivity index (χ3n) is 3.84. The zero-order chi connectivity index (χ0) is 19.4. The molecule has 0 bridgehead atoms. The first kappa shape index (κ1) is 18.1. The Morgan fingerprint density at radius 1 is 0.963 bits per heavy atom. The summed E-state index contributed by atoms with van der Waals surface area (Å²) in [4.78, 5) is 53.1. The number of rotatable bonds is 5. The zero-order valence-corrected chi connectivity index (χ0v) is 14.4. The predicted octanol–water partition coefficient (Wildman–Crippen LogP) is 2.06. The van der Waals surface area contributed by atoms with E-state index in [1.807, 2.05) is 6.07 Å². The van der Waals surface area contributed by atoms with Crippen LogP contribution in [0.5, 0.6) is 0 Å². The molecule has 1 aliphatic heterocycles. The number of imide groups is 1. The molecule has 1 aliphatic rings. The number of nitrogens with one attached hydrogen (secondary N) is 1. The molecule has 138 valence electrons. The molecule has 3 rings (SSSR count). The van der Waals surface area contributed by atoms with Gasteiger partial charge in [0.2, 0.25) is 0 Å². The molecular weight excluding hydrogens is 352 g/mol. The highest BCUT2D eigenvalue weighted by Gasteiger charge is 2.39. The normalized spacial score (nSPS) is 13.7. The number of hydroxylamine groups is 2. The Morgan fingerprint density at radius 3 is 2.11 bits per heavy atom. The minimum atomic E-state index is -1.13. The van der Waals surface area contributed by atoms with Gasteiger partial charge in [0.15, 0.2) is 0 Å². The average molecular weight is 368 g/mol. The van der Waals surface area contributed by atoms with Crippen molar-refractivity contribution in [3.63, 3.8) is 0 Å². The summed E-state index contributed by atoms with van der Waals surface area (Å²) in [6, 6.07) is 14.0. The summed E-state index contributed by atoms with van der Waals surface area (Å²) in [5.41, 5.74) is 1.09. The first-order valence-corrected chi connectivity index (χ1v) is 8.14. The van der Waals surface area contributed by atoms with E-state index >= 15 is 0 Å². The molecule has 1 heterocycles. The van der Waals surface area contributed by atoms with E-state index in [0.29, 0.717) is 5.06 Å². The van der Waals surface area contributed by atoms with Crippen molar-refractivity contribution in [1.29, 1.82) is 0 Å². The minimum absolute atomic E-state index is 0.0346. The van der Waals surface area contributed by atoms with E-state index in [0.717, 1.165) is 5.56 Å². The Kier molecular flexibility index (Phi) is 5.16. The fourth-order valence-electron chi connectivity index (χ4n) is 2.42. The van der Waals surface area contributed by atoms with Crippen molar-refractivity contribution < 1.29 is 28.8 Å². The Labute approximate surface area is 154 Å². The van der Waals surface area contributed by atoms with E-state index in [-0.39, 0.29) is 17.7 Å². The fraction of sp³-hybridized carbons (Fsp3) is 0.158. The maximum Gasteiger partial charge on any atom is 0.408 e. The molecule has 0 saturated heterocycles. The van der Waals surface area contributed by atoms with Crippen LogP contribution < -0.4 is 5.32 Å². The zero-order valence-electron chi connectivity index (χ0n) is 14.4. The van der Waals surface area contributed by atoms with Crippen LogP contribution in [-0.4, -0.2) is 35.0 Å². The lowest BCUT2D eigenvalue weighted by molar-refractivity contribution is -0.170. The summed E-state index contributed by atoms with van der Waals surface area (Å²) in [6.07, 6.45) is -0.828. The summed E-state index contributed by atoms with van der Waals surface area (Å²) < 4.78 is 5.01. The van der Waals surface area contributed by atoms with Crippen LogP contribution in [0.25, 0.3) is 0 Å². The van der Waals surface area contributed by atoms with Crippen molar-refractivity contribution in [2.24, 2.45) is 0 Å². The van der Waals surface area contributed by atoms with Gasteiger partial charge in [0, 0.05) is 0 Å². The van der Waals surface area contributed by atoms with Gasteiger partial charge in [-0.2, -0.15) is 0 Å². The third-order valence-corrected chi connectivity index (χ3v) is 3.84. The van der Waals surface area contributed by atoms with Gasteiger partial charge in [-0.1, -0.05) is 47.5 Å². The summed E-state index contributed by atoms with van der Waals surface area (Å²) in [7, 11) is 0. The van der Waals surface area contributed by atoms with E-state index in [1.165, 1.54) is 19.1 Å². The molecule has 27 heavy (non-hydrogen) atoms. The quantitative estimate of drug-likeness (QED) is 0.811. The second-order valence-electron chi connectivity index (χ2n) is 5.79. The highest BCUT2D eigenvalue weighted by Crippen LogP contribution is 2.22. The van der Waals surface area contributed by atoms with Crippen LogP contribution in [0.3, 0.4) is 0 Å². The molecule has 0 spiro atoms. The van der Waals surface area contributed by atoms with Gasteiger partial charge in [-0.05, 0) is 24.6 Å². The summed E-state index contributed by atoms with van der Waals surface area (Å²) in [6.45, 7) is 1.39. The van der Waals surface area contributed by atoms with Crippen LogP contribution in [0.1, 0.15) is 33.2 Å². The molecule has 0 saturated carbocycles. The van der Waals surface area contributed by atoms with Crippen LogP contribution in [-0.2, 0) is 21.0 Å². The maximum atomic E-state index is 12.2. The average Bonchev–Trinajstić information content (AvgIpc) is 2.92. The molecule has 8 nitrogen and oxygen atoms in total. The monoisotopic (exact) mass is 368 g/mol. The van der Waals surface area contributed by atoms with Gasteiger partial charge < -0.3 is 14.9 Å². The number of nitrogens with zero attached hydrogens (tertiary/aromatic N) is 1. The van der Waals surface area contributed by atoms with Gasteiger partial charge in [0.1, 0.15) is 12.6 Å². The summed E-state index contributed by atoms with van der Waals surface area (Å²) in [5, 5.41) is 2.68. The number of carbonyl (C=O) groups excluding carboxylic acids is 4.